The van der Waals surface area contributed by atoms with Crippen molar-refractivity contribution in [1.82, 2.24) is 0 Å². The van der Waals surface area contributed by atoms with Crippen LogP contribution in [0, 0.1) is 0 Å². The molecule has 1 N–H and O–H groups in total. The van der Waals surface area contributed by atoms with E-state index in [1.165, 1.54) is 5.56 Å². The molecular weight excluding hydrogens is 250 g/mol. The normalized spacial score (nSPS) is 15.0. The number of hydrogen-bond donors (Lipinski definition) is 1. The number of ketones is 1. The summed E-state index contributed by atoms with van der Waals surface area (Å²) in [5.74, 6) is 0.400. The Balaban J connectivity index is 0.000000121. The van der Waals surface area contributed by atoms with Gasteiger partial charge in [0.15, 0.2) is 5.78 Å². The average molecular weight is 265 g/mol. The van der Waals surface area contributed by atoms with E-state index in [9.17, 15) is 9.59 Å². The minimum absolute atomic E-state index is 0.0983. The number of benzene rings is 2. The van der Waals surface area contributed by atoms with E-state index in [-0.39, 0.29) is 5.91 Å². The van der Waals surface area contributed by atoms with Gasteiger partial charge >= 0.3 is 0 Å². The van der Waals surface area contributed by atoms with Crippen LogP contribution in [0.1, 0.15) is 27.9 Å². The lowest BCUT2D eigenvalue weighted by atomic mass is 10.1. The van der Waals surface area contributed by atoms with Gasteiger partial charge in [-0.2, -0.15) is 0 Å². The third-order valence-electron chi connectivity index (χ3n) is 3.58. The van der Waals surface area contributed by atoms with Crippen molar-refractivity contribution in [1.29, 1.82) is 0 Å². The Hall–Kier alpha value is -2.42. The molecule has 2 aromatic carbocycles. The van der Waals surface area contributed by atoms with Crippen molar-refractivity contribution in [2.24, 2.45) is 0 Å². The van der Waals surface area contributed by atoms with Crippen molar-refractivity contribution in [3.8, 4) is 0 Å². The Morgan fingerprint density at radius 1 is 0.800 bits per heavy atom. The molecule has 0 aromatic heterocycles. The summed E-state index contributed by atoms with van der Waals surface area (Å²) in [4.78, 5) is 21.9. The molecule has 0 saturated heterocycles. The molecule has 0 bridgehead atoms. The number of carbonyl (C=O) groups excluding carboxylic acids is 2. The van der Waals surface area contributed by atoms with E-state index in [2.05, 4.69) is 5.32 Å². The fourth-order valence-corrected chi connectivity index (χ4v) is 2.56. The van der Waals surface area contributed by atoms with Crippen molar-refractivity contribution >= 4 is 17.4 Å². The van der Waals surface area contributed by atoms with Gasteiger partial charge in [0.1, 0.15) is 0 Å². The number of Topliss-reactive ketones (excluding diaryl/α,β-unsaturated/α-hetero) is 1. The van der Waals surface area contributed by atoms with Crippen molar-refractivity contribution in [3.63, 3.8) is 0 Å². The highest BCUT2D eigenvalue weighted by atomic mass is 16.1. The molecule has 0 fully saturated rings. The summed E-state index contributed by atoms with van der Waals surface area (Å²) in [6, 6.07) is 15.6. The lowest BCUT2D eigenvalue weighted by molar-refractivity contribution is -0.115. The first-order chi connectivity index (χ1) is 9.74. The quantitative estimate of drug-likeness (QED) is 0.796. The van der Waals surface area contributed by atoms with E-state index >= 15 is 0 Å². The number of fused-ring (bicyclic) bond motifs is 2. The molecule has 2 aromatic rings. The standard InChI is InChI=1S/C9H8O.C8H7NO/c10-9-6-5-7-3-1-2-4-8(7)9;10-8-5-6-3-1-2-4-7(6)9-8/h1-4H,5-6H2;1-4H,5H2,(H,9,10). The van der Waals surface area contributed by atoms with E-state index < -0.39 is 0 Å². The van der Waals surface area contributed by atoms with E-state index in [1.807, 2.05) is 48.5 Å². The maximum atomic E-state index is 11.1. The second kappa shape index (κ2) is 5.29. The minimum Gasteiger partial charge on any atom is -0.326 e. The van der Waals surface area contributed by atoms with Gasteiger partial charge in [0, 0.05) is 17.7 Å². The molecule has 3 nitrogen and oxygen atoms in total. The molecule has 0 atom stereocenters. The summed E-state index contributed by atoms with van der Waals surface area (Å²) < 4.78 is 0. The van der Waals surface area contributed by atoms with Gasteiger partial charge in [0.05, 0.1) is 6.42 Å². The first-order valence-electron chi connectivity index (χ1n) is 6.73. The van der Waals surface area contributed by atoms with Gasteiger partial charge in [-0.05, 0) is 23.6 Å². The molecule has 3 heteroatoms. The predicted octanol–water partition coefficient (Wildman–Crippen LogP) is 3.00. The largest absolute Gasteiger partial charge is 0.326 e. The maximum Gasteiger partial charge on any atom is 0.228 e. The number of rotatable bonds is 0. The SMILES string of the molecule is O=C1CCc2ccccc21.O=C1Cc2ccccc2N1. The Labute approximate surface area is 117 Å². The van der Waals surface area contributed by atoms with E-state index in [1.54, 1.807) is 0 Å². The zero-order valence-electron chi connectivity index (χ0n) is 11.1. The molecule has 20 heavy (non-hydrogen) atoms. The number of carbonyl (C=O) groups is 2. The second-order valence-electron chi connectivity index (χ2n) is 4.96. The van der Waals surface area contributed by atoms with Crippen LogP contribution in [0.4, 0.5) is 5.69 Å². The van der Waals surface area contributed by atoms with Gasteiger partial charge in [-0.1, -0.05) is 42.5 Å². The van der Waals surface area contributed by atoms with E-state index in [4.69, 9.17) is 0 Å². The predicted molar refractivity (Wildman–Crippen MR) is 77.9 cm³/mol. The third-order valence-corrected chi connectivity index (χ3v) is 3.58. The van der Waals surface area contributed by atoms with E-state index in [0.717, 1.165) is 23.2 Å². The third kappa shape index (κ3) is 2.48. The molecule has 0 radical (unpaired) electrons. The molecule has 1 aliphatic heterocycles. The van der Waals surface area contributed by atoms with Crippen molar-refractivity contribution in [2.45, 2.75) is 19.3 Å². The highest BCUT2D eigenvalue weighted by Gasteiger charge is 2.17. The average Bonchev–Trinajstić information content (AvgIpc) is 3.02. The molecule has 2 aliphatic rings. The summed E-state index contributed by atoms with van der Waals surface area (Å²) in [5, 5.41) is 2.76. The lowest BCUT2D eigenvalue weighted by Gasteiger charge is -1.93. The van der Waals surface area contributed by atoms with Crippen LogP contribution in [0.3, 0.4) is 0 Å². The highest BCUT2D eigenvalue weighted by Crippen LogP contribution is 2.21. The fraction of sp³-hybridized carbons (Fsp3) is 0.176. The number of anilines is 1. The molecule has 0 saturated carbocycles. The molecule has 100 valence electrons. The van der Waals surface area contributed by atoms with Crippen molar-refractivity contribution in [3.05, 3.63) is 65.2 Å². The van der Waals surface area contributed by atoms with Gasteiger partial charge < -0.3 is 5.32 Å². The summed E-state index contributed by atoms with van der Waals surface area (Å²) >= 11 is 0. The van der Waals surface area contributed by atoms with Crippen LogP contribution in [0.15, 0.2) is 48.5 Å². The Kier molecular flexibility index (Phi) is 3.33. The van der Waals surface area contributed by atoms with Crippen LogP contribution in [-0.2, 0) is 17.6 Å². The molecule has 0 spiro atoms. The Morgan fingerprint density at radius 2 is 1.50 bits per heavy atom. The Morgan fingerprint density at radius 3 is 2.25 bits per heavy atom. The summed E-state index contributed by atoms with van der Waals surface area (Å²) in [6.07, 6.45) is 2.19. The van der Waals surface area contributed by atoms with Gasteiger partial charge in [0.2, 0.25) is 5.91 Å². The monoisotopic (exact) mass is 265 g/mol. The minimum atomic E-state index is 0.0983. The van der Waals surface area contributed by atoms with Crippen molar-refractivity contribution in [2.75, 3.05) is 5.32 Å². The zero-order valence-corrected chi connectivity index (χ0v) is 11.1. The molecule has 1 heterocycles. The van der Waals surface area contributed by atoms with Gasteiger partial charge in [0.25, 0.3) is 0 Å². The molecular formula is C17H15NO2. The zero-order chi connectivity index (χ0) is 13.9. The van der Waals surface area contributed by atoms with Crippen LogP contribution in [0.5, 0.6) is 0 Å². The molecule has 1 amide bonds. The number of hydrogen-bond acceptors (Lipinski definition) is 2. The first kappa shape index (κ1) is 12.6. The molecule has 1 aliphatic carbocycles. The van der Waals surface area contributed by atoms with Crippen LogP contribution in [0.25, 0.3) is 0 Å². The number of amides is 1. The van der Waals surface area contributed by atoms with Crippen LogP contribution in [-0.4, -0.2) is 11.7 Å². The highest BCUT2D eigenvalue weighted by molar-refractivity contribution is 6.00. The van der Waals surface area contributed by atoms with Crippen LogP contribution < -0.4 is 5.32 Å². The van der Waals surface area contributed by atoms with E-state index in [0.29, 0.717) is 18.6 Å². The van der Waals surface area contributed by atoms with Gasteiger partial charge in [-0.25, -0.2) is 0 Å². The maximum absolute atomic E-state index is 11.1. The smallest absolute Gasteiger partial charge is 0.228 e. The van der Waals surface area contributed by atoms with Crippen LogP contribution >= 0.6 is 0 Å². The second-order valence-corrected chi connectivity index (χ2v) is 4.96. The van der Waals surface area contributed by atoms with Crippen LogP contribution in [0.2, 0.25) is 0 Å². The number of para-hydroxylation sites is 1. The van der Waals surface area contributed by atoms with Gasteiger partial charge in [-0.3, -0.25) is 9.59 Å². The van der Waals surface area contributed by atoms with Crippen molar-refractivity contribution < 1.29 is 9.59 Å². The van der Waals surface area contributed by atoms with Gasteiger partial charge in [-0.15, -0.1) is 0 Å². The fourth-order valence-electron chi connectivity index (χ4n) is 2.56. The first-order valence-corrected chi connectivity index (χ1v) is 6.73. The Bertz CT molecular complexity index is 649. The number of nitrogens with one attached hydrogen (secondary N) is 1. The lowest BCUT2D eigenvalue weighted by Crippen LogP contribution is -2.03. The molecule has 4 rings (SSSR count). The summed E-state index contributed by atoms with van der Waals surface area (Å²) in [7, 11) is 0. The number of aryl methyl sites for hydroxylation is 1. The molecule has 0 unspecified atom stereocenters. The summed E-state index contributed by atoms with van der Waals surface area (Å²) in [5.41, 5.74) is 4.22. The topological polar surface area (TPSA) is 46.2 Å². The summed E-state index contributed by atoms with van der Waals surface area (Å²) in [6.45, 7) is 0.